The zero-order valence-electron chi connectivity index (χ0n) is 18.1. The highest BCUT2D eigenvalue weighted by molar-refractivity contribution is 6.30. The van der Waals surface area contributed by atoms with Gasteiger partial charge in [0.1, 0.15) is 17.3 Å². The molecule has 1 aliphatic heterocycles. The Hall–Kier alpha value is -3.09. The molecule has 0 amide bonds. The van der Waals surface area contributed by atoms with Crippen LogP contribution in [-0.4, -0.2) is 24.2 Å². The molecule has 1 fully saturated rings. The molecule has 3 aromatic carbocycles. The van der Waals surface area contributed by atoms with E-state index in [1.165, 1.54) is 6.07 Å². The van der Waals surface area contributed by atoms with E-state index in [9.17, 15) is 14.3 Å². The maximum absolute atomic E-state index is 14.7. The van der Waals surface area contributed by atoms with E-state index in [4.69, 9.17) is 16.3 Å². The Morgan fingerprint density at radius 3 is 2.33 bits per heavy atom. The van der Waals surface area contributed by atoms with Crippen molar-refractivity contribution in [3.8, 4) is 11.5 Å². The molecule has 0 aromatic heterocycles. The van der Waals surface area contributed by atoms with E-state index in [1.54, 1.807) is 18.2 Å². The number of nitrogens with one attached hydrogen (secondary N) is 1. The minimum absolute atomic E-state index is 0.316. The molecule has 172 valence electrons. The van der Waals surface area contributed by atoms with E-state index < -0.39 is 11.9 Å². The molecule has 1 atom stereocenters. The second-order valence-corrected chi connectivity index (χ2v) is 8.65. The Morgan fingerprint density at radius 1 is 1.03 bits per heavy atom. The number of carbonyl (C=O) groups is 1. The summed E-state index contributed by atoms with van der Waals surface area (Å²) in [6.07, 6.45) is 1.40. The Balaban J connectivity index is 1.28. The first-order valence-corrected chi connectivity index (χ1v) is 11.3. The molecular formula is C26H26ClFN2O3. The van der Waals surface area contributed by atoms with Gasteiger partial charge in [-0.3, -0.25) is 4.79 Å². The Labute approximate surface area is 197 Å². The largest absolute Gasteiger partial charge is 0.481 e. The minimum atomic E-state index is -0.814. The lowest BCUT2D eigenvalue weighted by atomic mass is 9.97. The van der Waals surface area contributed by atoms with Crippen molar-refractivity contribution in [1.82, 2.24) is 5.32 Å². The SMILES string of the molecule is O=C(O)C1CCCN(c2ccc(CNCc3ccc(Oc4ccc(Cl)cc4)cc3)cc2F)C1. The van der Waals surface area contributed by atoms with Crippen LogP contribution in [0.15, 0.2) is 66.7 Å². The molecule has 1 saturated heterocycles. The van der Waals surface area contributed by atoms with Crippen LogP contribution < -0.4 is 15.0 Å². The molecule has 0 bridgehead atoms. The number of carboxylic acids is 1. The summed E-state index contributed by atoms with van der Waals surface area (Å²) in [4.78, 5) is 13.1. The van der Waals surface area contributed by atoms with Gasteiger partial charge in [0.05, 0.1) is 11.6 Å². The van der Waals surface area contributed by atoms with Crippen molar-refractivity contribution in [2.45, 2.75) is 25.9 Å². The maximum atomic E-state index is 14.7. The van der Waals surface area contributed by atoms with Crippen LogP contribution in [0.5, 0.6) is 11.5 Å². The molecule has 0 spiro atoms. The highest BCUT2D eigenvalue weighted by Crippen LogP contribution is 2.27. The lowest BCUT2D eigenvalue weighted by Gasteiger charge is -2.32. The van der Waals surface area contributed by atoms with Crippen molar-refractivity contribution in [3.05, 3.63) is 88.7 Å². The van der Waals surface area contributed by atoms with Gasteiger partial charge < -0.3 is 20.1 Å². The van der Waals surface area contributed by atoms with E-state index >= 15 is 0 Å². The first-order chi connectivity index (χ1) is 16.0. The van der Waals surface area contributed by atoms with Crippen molar-refractivity contribution in [3.63, 3.8) is 0 Å². The first-order valence-electron chi connectivity index (χ1n) is 11.0. The van der Waals surface area contributed by atoms with E-state index in [1.807, 2.05) is 47.4 Å². The second-order valence-electron chi connectivity index (χ2n) is 8.21. The van der Waals surface area contributed by atoms with Gasteiger partial charge in [-0.15, -0.1) is 0 Å². The number of nitrogens with zero attached hydrogens (tertiary/aromatic N) is 1. The monoisotopic (exact) mass is 468 g/mol. The third-order valence-corrected chi connectivity index (χ3v) is 6.01. The fourth-order valence-electron chi connectivity index (χ4n) is 3.98. The summed E-state index contributed by atoms with van der Waals surface area (Å²) in [5.41, 5.74) is 2.40. The number of aliphatic carboxylic acids is 1. The van der Waals surface area contributed by atoms with Gasteiger partial charge in [0.2, 0.25) is 0 Å². The number of anilines is 1. The number of rotatable bonds is 8. The Bertz CT molecular complexity index is 1090. The number of benzene rings is 3. The fraction of sp³-hybridized carbons (Fsp3) is 0.269. The molecule has 1 unspecified atom stereocenters. The molecule has 7 heteroatoms. The lowest BCUT2D eigenvalue weighted by molar-refractivity contribution is -0.141. The van der Waals surface area contributed by atoms with Crippen molar-refractivity contribution >= 4 is 23.3 Å². The van der Waals surface area contributed by atoms with Gasteiger partial charge in [0, 0.05) is 31.2 Å². The molecule has 4 rings (SSSR count). The summed E-state index contributed by atoms with van der Waals surface area (Å²) >= 11 is 5.89. The van der Waals surface area contributed by atoms with Crippen LogP contribution >= 0.6 is 11.6 Å². The molecular weight excluding hydrogens is 443 g/mol. The predicted octanol–water partition coefficient (Wildman–Crippen LogP) is 5.86. The molecule has 0 aliphatic carbocycles. The Kier molecular flexibility index (Phi) is 7.47. The van der Waals surface area contributed by atoms with Gasteiger partial charge >= 0.3 is 5.97 Å². The van der Waals surface area contributed by atoms with Gasteiger partial charge in [0.25, 0.3) is 0 Å². The number of hydrogen-bond donors (Lipinski definition) is 2. The van der Waals surface area contributed by atoms with Crippen molar-refractivity contribution < 1.29 is 19.0 Å². The fourth-order valence-corrected chi connectivity index (χ4v) is 4.11. The summed E-state index contributed by atoms with van der Waals surface area (Å²) in [7, 11) is 0. The van der Waals surface area contributed by atoms with E-state index in [-0.39, 0.29) is 5.82 Å². The summed E-state index contributed by atoms with van der Waals surface area (Å²) < 4.78 is 20.5. The van der Waals surface area contributed by atoms with Crippen LogP contribution in [0, 0.1) is 11.7 Å². The highest BCUT2D eigenvalue weighted by atomic mass is 35.5. The smallest absolute Gasteiger partial charge is 0.308 e. The molecule has 33 heavy (non-hydrogen) atoms. The van der Waals surface area contributed by atoms with Crippen LogP contribution in [0.4, 0.5) is 10.1 Å². The van der Waals surface area contributed by atoms with Crippen LogP contribution in [0.25, 0.3) is 0 Å². The Morgan fingerprint density at radius 2 is 1.67 bits per heavy atom. The molecule has 5 nitrogen and oxygen atoms in total. The van der Waals surface area contributed by atoms with E-state index in [0.717, 1.165) is 29.0 Å². The van der Waals surface area contributed by atoms with Crippen LogP contribution in [0.1, 0.15) is 24.0 Å². The van der Waals surface area contributed by atoms with Gasteiger partial charge in [-0.25, -0.2) is 4.39 Å². The van der Waals surface area contributed by atoms with Crippen LogP contribution in [0.3, 0.4) is 0 Å². The molecule has 2 N–H and O–H groups in total. The average Bonchev–Trinajstić information content (AvgIpc) is 2.82. The summed E-state index contributed by atoms with van der Waals surface area (Å²) in [6.45, 7) is 2.19. The number of carboxylic acid groups (broad SMARTS) is 1. The van der Waals surface area contributed by atoms with Crippen molar-refractivity contribution in [1.29, 1.82) is 0 Å². The van der Waals surface area contributed by atoms with E-state index in [2.05, 4.69) is 5.32 Å². The quantitative estimate of drug-likeness (QED) is 0.433. The van der Waals surface area contributed by atoms with Crippen molar-refractivity contribution in [2.75, 3.05) is 18.0 Å². The first kappa shape index (κ1) is 23.1. The molecule has 0 saturated carbocycles. The predicted molar refractivity (Wildman–Crippen MR) is 127 cm³/mol. The number of ether oxygens (including phenoxy) is 1. The summed E-state index contributed by atoms with van der Waals surface area (Å²) in [5, 5.41) is 13.2. The summed E-state index contributed by atoms with van der Waals surface area (Å²) in [5.74, 6) is -0.114. The van der Waals surface area contributed by atoms with Crippen molar-refractivity contribution in [2.24, 2.45) is 5.92 Å². The highest BCUT2D eigenvalue weighted by Gasteiger charge is 2.26. The van der Waals surface area contributed by atoms with Crippen LogP contribution in [0.2, 0.25) is 5.02 Å². The summed E-state index contributed by atoms with van der Waals surface area (Å²) in [6, 6.07) is 20.1. The molecule has 3 aromatic rings. The zero-order chi connectivity index (χ0) is 23.2. The third-order valence-electron chi connectivity index (χ3n) is 5.75. The third kappa shape index (κ3) is 6.24. The lowest BCUT2D eigenvalue weighted by Crippen LogP contribution is -2.39. The number of piperidine rings is 1. The van der Waals surface area contributed by atoms with E-state index in [0.29, 0.717) is 43.3 Å². The van der Waals surface area contributed by atoms with Gasteiger partial charge in [0.15, 0.2) is 0 Å². The van der Waals surface area contributed by atoms with Gasteiger partial charge in [-0.2, -0.15) is 0 Å². The number of halogens is 2. The molecule has 1 aliphatic rings. The van der Waals surface area contributed by atoms with Gasteiger partial charge in [-0.1, -0.05) is 29.8 Å². The standard InChI is InChI=1S/C26H26ClFN2O3/c27-21-6-10-23(11-7-21)33-22-8-3-18(4-9-22)15-29-16-19-5-12-25(24(28)14-19)30-13-1-2-20(17-30)26(31)32/h3-12,14,20,29H,1-2,13,15-17H2,(H,31,32). The minimum Gasteiger partial charge on any atom is -0.481 e. The molecule has 0 radical (unpaired) electrons. The molecule has 1 heterocycles. The number of hydrogen-bond acceptors (Lipinski definition) is 4. The zero-order valence-corrected chi connectivity index (χ0v) is 18.9. The maximum Gasteiger partial charge on any atom is 0.308 e. The average molecular weight is 469 g/mol. The topological polar surface area (TPSA) is 61.8 Å². The normalized spacial score (nSPS) is 15.9. The second kappa shape index (κ2) is 10.7. The van der Waals surface area contributed by atoms with Crippen LogP contribution in [-0.2, 0) is 17.9 Å². The van der Waals surface area contributed by atoms with Gasteiger partial charge in [-0.05, 0) is 72.5 Å².